The molecule has 1 rings (SSSR count). The third-order valence-corrected chi connectivity index (χ3v) is 2.67. The maximum atomic E-state index is 11.9. The predicted molar refractivity (Wildman–Crippen MR) is 58.4 cm³/mol. The molecule has 0 aromatic carbocycles. The van der Waals surface area contributed by atoms with Gasteiger partial charge in [0.25, 0.3) is 0 Å². The van der Waals surface area contributed by atoms with Crippen LogP contribution in [0.15, 0.2) is 21.6 Å². The molecule has 0 aliphatic heterocycles. The van der Waals surface area contributed by atoms with Gasteiger partial charge in [0.1, 0.15) is 6.54 Å². The summed E-state index contributed by atoms with van der Waals surface area (Å²) in [6, 6.07) is 1.62. The van der Waals surface area contributed by atoms with E-state index in [0.29, 0.717) is 9.37 Å². The van der Waals surface area contributed by atoms with Crippen molar-refractivity contribution in [3.8, 4) is 5.88 Å². The fraction of sp³-hybridized carbons (Fsp3) is 0.375. The molecule has 1 aromatic rings. The van der Waals surface area contributed by atoms with Crippen LogP contribution in [0.4, 0.5) is 13.2 Å². The van der Waals surface area contributed by atoms with Gasteiger partial charge in [-0.1, -0.05) is 0 Å². The van der Waals surface area contributed by atoms with E-state index in [4.69, 9.17) is 4.74 Å². The standard InChI is InChI=1S/C8H8BrF3N2OS/c1-15-7-6(2-5(9)3-13-7)16-14-4-8(10,11)12/h2-3,14H,4H2,1H3. The normalized spacial score (nSPS) is 11.6. The van der Waals surface area contributed by atoms with Gasteiger partial charge >= 0.3 is 6.18 Å². The summed E-state index contributed by atoms with van der Waals surface area (Å²) in [5, 5.41) is 0. The molecule has 0 aliphatic carbocycles. The number of hydrogen-bond donors (Lipinski definition) is 1. The molecule has 0 amide bonds. The number of pyridine rings is 1. The van der Waals surface area contributed by atoms with E-state index in [1.54, 1.807) is 6.07 Å². The lowest BCUT2D eigenvalue weighted by Crippen LogP contribution is -2.23. The number of alkyl halides is 3. The van der Waals surface area contributed by atoms with E-state index in [1.165, 1.54) is 13.3 Å². The van der Waals surface area contributed by atoms with Crippen molar-refractivity contribution in [3.05, 3.63) is 16.7 Å². The highest BCUT2D eigenvalue weighted by Gasteiger charge is 2.26. The van der Waals surface area contributed by atoms with Crippen LogP contribution in [0.1, 0.15) is 0 Å². The minimum Gasteiger partial charge on any atom is -0.480 e. The number of halogens is 4. The maximum absolute atomic E-state index is 11.9. The van der Waals surface area contributed by atoms with Crippen molar-refractivity contribution in [2.75, 3.05) is 13.7 Å². The molecule has 0 bridgehead atoms. The zero-order valence-corrected chi connectivity index (χ0v) is 10.5. The third-order valence-electron chi connectivity index (χ3n) is 1.43. The van der Waals surface area contributed by atoms with E-state index in [-0.39, 0.29) is 5.88 Å². The van der Waals surface area contributed by atoms with Crippen LogP contribution in [0.25, 0.3) is 0 Å². The van der Waals surface area contributed by atoms with Crippen molar-refractivity contribution < 1.29 is 17.9 Å². The molecule has 0 spiro atoms. The molecule has 0 aliphatic rings. The van der Waals surface area contributed by atoms with Gasteiger partial charge in [-0.05, 0) is 33.9 Å². The van der Waals surface area contributed by atoms with Gasteiger partial charge in [0.05, 0.1) is 12.0 Å². The third kappa shape index (κ3) is 4.58. The first-order valence-electron chi connectivity index (χ1n) is 4.08. The van der Waals surface area contributed by atoms with Crippen LogP contribution in [-0.2, 0) is 0 Å². The lowest BCUT2D eigenvalue weighted by Gasteiger charge is -2.09. The summed E-state index contributed by atoms with van der Waals surface area (Å²) in [7, 11) is 1.41. The van der Waals surface area contributed by atoms with Crippen LogP contribution in [0.3, 0.4) is 0 Å². The molecule has 8 heteroatoms. The predicted octanol–water partition coefficient (Wildman–Crippen LogP) is 3.01. The van der Waals surface area contributed by atoms with Gasteiger partial charge in [0, 0.05) is 10.7 Å². The molecule has 0 unspecified atom stereocenters. The Hall–Kier alpha value is -0.470. The van der Waals surface area contributed by atoms with Gasteiger partial charge in [-0.3, -0.25) is 4.72 Å². The summed E-state index contributed by atoms with van der Waals surface area (Å²) in [6.45, 7) is -1.08. The zero-order valence-electron chi connectivity index (χ0n) is 8.14. The molecular weight excluding hydrogens is 309 g/mol. The Morgan fingerprint density at radius 1 is 1.56 bits per heavy atom. The van der Waals surface area contributed by atoms with Crippen LogP contribution in [0.5, 0.6) is 5.88 Å². The summed E-state index contributed by atoms with van der Waals surface area (Å²) in [5.41, 5.74) is 0. The van der Waals surface area contributed by atoms with Gasteiger partial charge in [-0.25, -0.2) is 4.98 Å². The van der Waals surface area contributed by atoms with E-state index in [0.717, 1.165) is 11.9 Å². The Balaban J connectivity index is 2.62. The summed E-state index contributed by atoms with van der Waals surface area (Å²) < 4.78 is 43.4. The van der Waals surface area contributed by atoms with Crippen LogP contribution in [-0.4, -0.2) is 24.8 Å². The Kier molecular flexibility index (Phi) is 4.88. The van der Waals surface area contributed by atoms with Crippen LogP contribution in [0.2, 0.25) is 0 Å². The highest BCUT2D eigenvalue weighted by atomic mass is 79.9. The average molecular weight is 317 g/mol. The maximum Gasteiger partial charge on any atom is 0.402 e. The van der Waals surface area contributed by atoms with Crippen LogP contribution in [0, 0.1) is 0 Å². The number of methoxy groups -OCH3 is 1. The van der Waals surface area contributed by atoms with E-state index < -0.39 is 12.7 Å². The molecule has 0 fully saturated rings. The summed E-state index contributed by atoms with van der Waals surface area (Å²) >= 11 is 4.00. The largest absolute Gasteiger partial charge is 0.480 e. The van der Waals surface area contributed by atoms with Gasteiger partial charge in [-0.2, -0.15) is 13.2 Å². The minimum absolute atomic E-state index is 0.280. The molecule has 1 aromatic heterocycles. The molecule has 90 valence electrons. The van der Waals surface area contributed by atoms with Crippen LogP contribution >= 0.6 is 27.9 Å². The fourth-order valence-corrected chi connectivity index (χ4v) is 2.11. The monoisotopic (exact) mass is 316 g/mol. The smallest absolute Gasteiger partial charge is 0.402 e. The first-order valence-corrected chi connectivity index (χ1v) is 5.69. The number of ether oxygens (including phenoxy) is 1. The van der Waals surface area contributed by atoms with Crippen molar-refractivity contribution in [3.63, 3.8) is 0 Å². The second kappa shape index (κ2) is 5.74. The molecule has 3 nitrogen and oxygen atoms in total. The highest BCUT2D eigenvalue weighted by molar-refractivity contribution is 9.10. The number of rotatable bonds is 4. The number of nitrogens with zero attached hydrogens (tertiary/aromatic N) is 1. The topological polar surface area (TPSA) is 34.1 Å². The van der Waals surface area contributed by atoms with Crippen molar-refractivity contribution in [2.24, 2.45) is 0 Å². The number of hydrogen-bond acceptors (Lipinski definition) is 4. The van der Waals surface area contributed by atoms with Crippen molar-refractivity contribution in [2.45, 2.75) is 11.1 Å². The van der Waals surface area contributed by atoms with Gasteiger partial charge in [0.2, 0.25) is 5.88 Å². The lowest BCUT2D eigenvalue weighted by atomic mass is 10.5. The van der Waals surface area contributed by atoms with Crippen LogP contribution < -0.4 is 9.46 Å². The highest BCUT2D eigenvalue weighted by Crippen LogP contribution is 2.28. The first kappa shape index (κ1) is 13.6. The second-order valence-electron chi connectivity index (χ2n) is 2.70. The van der Waals surface area contributed by atoms with Gasteiger partial charge < -0.3 is 4.74 Å². The lowest BCUT2D eigenvalue weighted by molar-refractivity contribution is -0.120. The Bertz CT molecular complexity index is 362. The second-order valence-corrected chi connectivity index (χ2v) is 4.55. The average Bonchev–Trinajstić information content (AvgIpc) is 2.16. The number of nitrogens with one attached hydrogen (secondary N) is 1. The molecule has 0 saturated heterocycles. The Morgan fingerprint density at radius 3 is 2.81 bits per heavy atom. The molecule has 16 heavy (non-hydrogen) atoms. The number of aromatic nitrogens is 1. The van der Waals surface area contributed by atoms with E-state index in [2.05, 4.69) is 25.6 Å². The Morgan fingerprint density at radius 2 is 2.25 bits per heavy atom. The summed E-state index contributed by atoms with van der Waals surface area (Å²) in [5.74, 6) is 0.280. The van der Waals surface area contributed by atoms with E-state index in [1.807, 2.05) is 0 Å². The zero-order chi connectivity index (χ0) is 12.2. The van der Waals surface area contributed by atoms with Gasteiger partial charge in [0.15, 0.2) is 0 Å². The Labute approximate surface area is 103 Å². The molecule has 0 saturated carbocycles. The molecule has 1 N–H and O–H groups in total. The quantitative estimate of drug-likeness (QED) is 0.866. The minimum atomic E-state index is -4.24. The van der Waals surface area contributed by atoms with E-state index in [9.17, 15) is 13.2 Å². The molecule has 0 atom stereocenters. The summed E-state index contributed by atoms with van der Waals surface area (Å²) in [6.07, 6.45) is -2.73. The first-order chi connectivity index (χ1) is 7.42. The fourth-order valence-electron chi connectivity index (χ4n) is 0.830. The molecule has 0 radical (unpaired) electrons. The van der Waals surface area contributed by atoms with E-state index >= 15 is 0 Å². The molecular formula is C8H8BrF3N2OS. The summed E-state index contributed by atoms with van der Waals surface area (Å²) in [4.78, 5) is 4.39. The molecule has 1 heterocycles. The van der Waals surface area contributed by atoms with Crippen molar-refractivity contribution in [1.29, 1.82) is 0 Å². The van der Waals surface area contributed by atoms with Crippen molar-refractivity contribution >= 4 is 27.9 Å². The van der Waals surface area contributed by atoms with Crippen molar-refractivity contribution in [1.82, 2.24) is 9.71 Å². The van der Waals surface area contributed by atoms with Gasteiger partial charge in [-0.15, -0.1) is 0 Å². The SMILES string of the molecule is COc1ncc(Br)cc1SNCC(F)(F)F.